The lowest BCUT2D eigenvalue weighted by molar-refractivity contribution is -0.145. The molecule has 0 radical (unpaired) electrons. The van der Waals surface area contributed by atoms with Crippen LogP contribution >= 0.6 is 0 Å². The molecule has 2 heterocycles. The number of aromatic nitrogens is 3. The number of rotatable bonds is 2. The zero-order valence-corrected chi connectivity index (χ0v) is 10.4. The van der Waals surface area contributed by atoms with Crippen LogP contribution in [0.25, 0.3) is 11.2 Å². The Hall–Kier alpha value is -1.91. The smallest absolute Gasteiger partial charge is 0.329 e. The molecule has 17 heavy (non-hydrogen) atoms. The van der Waals surface area contributed by atoms with E-state index in [1.165, 1.54) is 0 Å². The standard InChI is InChI=1S/C12H15N3O2/c1-7-5-9-10(13-6-7)15(8(2)14-9)12(3,4)11(16)17/h5-6H,1-4H3,(H,16,17). The van der Waals surface area contributed by atoms with Gasteiger partial charge in [-0.15, -0.1) is 0 Å². The summed E-state index contributed by atoms with van der Waals surface area (Å²) in [6.07, 6.45) is 1.72. The SMILES string of the molecule is Cc1cnc2c(c1)nc(C)n2C(C)(C)C(=O)O. The molecule has 5 heteroatoms. The number of fused-ring (bicyclic) bond motifs is 1. The van der Waals surface area contributed by atoms with E-state index in [0.717, 1.165) is 11.1 Å². The van der Waals surface area contributed by atoms with E-state index >= 15 is 0 Å². The number of carboxylic acid groups (broad SMARTS) is 1. The lowest BCUT2D eigenvalue weighted by atomic mass is 10.1. The molecular weight excluding hydrogens is 218 g/mol. The maximum Gasteiger partial charge on any atom is 0.329 e. The monoisotopic (exact) mass is 233 g/mol. The molecule has 1 N–H and O–H groups in total. The van der Waals surface area contributed by atoms with Gasteiger partial charge in [-0.2, -0.15) is 0 Å². The van der Waals surface area contributed by atoms with E-state index in [9.17, 15) is 9.90 Å². The van der Waals surface area contributed by atoms with Gasteiger partial charge in [-0.1, -0.05) is 0 Å². The number of carboxylic acids is 1. The lowest BCUT2D eigenvalue weighted by Crippen LogP contribution is -2.36. The molecule has 2 aromatic heterocycles. The zero-order valence-electron chi connectivity index (χ0n) is 10.4. The van der Waals surface area contributed by atoms with Crippen LogP contribution in [-0.4, -0.2) is 25.6 Å². The molecular formula is C12H15N3O2. The van der Waals surface area contributed by atoms with Crippen LogP contribution in [0.2, 0.25) is 0 Å². The van der Waals surface area contributed by atoms with Crippen molar-refractivity contribution in [3.8, 4) is 0 Å². The zero-order chi connectivity index (χ0) is 12.8. The number of aryl methyl sites for hydroxylation is 2. The number of carbonyl (C=O) groups is 1. The second-order valence-corrected chi connectivity index (χ2v) is 4.71. The Bertz CT molecular complexity index is 599. The van der Waals surface area contributed by atoms with Crippen LogP contribution in [0.4, 0.5) is 0 Å². The van der Waals surface area contributed by atoms with Gasteiger partial charge in [0.15, 0.2) is 5.65 Å². The average Bonchev–Trinajstić information content (AvgIpc) is 2.53. The Kier molecular flexibility index (Phi) is 2.41. The van der Waals surface area contributed by atoms with Crippen LogP contribution in [0, 0.1) is 13.8 Å². The van der Waals surface area contributed by atoms with Crippen LogP contribution in [0.1, 0.15) is 25.2 Å². The van der Waals surface area contributed by atoms with Gasteiger partial charge in [-0.05, 0) is 39.3 Å². The topological polar surface area (TPSA) is 68.0 Å². The highest BCUT2D eigenvalue weighted by atomic mass is 16.4. The van der Waals surface area contributed by atoms with Gasteiger partial charge in [0, 0.05) is 6.20 Å². The van der Waals surface area contributed by atoms with E-state index in [-0.39, 0.29) is 0 Å². The van der Waals surface area contributed by atoms with Crippen molar-refractivity contribution in [1.82, 2.24) is 14.5 Å². The third kappa shape index (κ3) is 1.67. The maximum absolute atomic E-state index is 11.3. The molecule has 0 bridgehead atoms. The number of aliphatic carboxylic acids is 1. The van der Waals surface area contributed by atoms with Gasteiger partial charge in [0.2, 0.25) is 0 Å². The summed E-state index contributed by atoms with van der Waals surface area (Å²) >= 11 is 0. The van der Waals surface area contributed by atoms with E-state index in [1.807, 2.05) is 13.0 Å². The number of hydrogen-bond donors (Lipinski definition) is 1. The molecule has 0 spiro atoms. The first-order valence-corrected chi connectivity index (χ1v) is 5.39. The minimum absolute atomic E-state index is 0.612. The molecule has 0 aliphatic heterocycles. The number of nitrogens with zero attached hydrogens (tertiary/aromatic N) is 3. The van der Waals surface area contributed by atoms with Crippen molar-refractivity contribution < 1.29 is 9.90 Å². The van der Waals surface area contributed by atoms with Gasteiger partial charge in [0.05, 0.1) is 0 Å². The van der Waals surface area contributed by atoms with Crippen molar-refractivity contribution in [3.05, 3.63) is 23.7 Å². The first-order valence-electron chi connectivity index (χ1n) is 5.39. The minimum atomic E-state index is -1.05. The molecule has 5 nitrogen and oxygen atoms in total. The molecule has 0 saturated heterocycles. The van der Waals surface area contributed by atoms with Crippen LogP contribution in [0.3, 0.4) is 0 Å². The normalized spacial score (nSPS) is 12.0. The van der Waals surface area contributed by atoms with Crippen molar-refractivity contribution in [1.29, 1.82) is 0 Å². The predicted molar refractivity (Wildman–Crippen MR) is 64.0 cm³/mol. The summed E-state index contributed by atoms with van der Waals surface area (Å²) in [5.41, 5.74) is 1.30. The van der Waals surface area contributed by atoms with Gasteiger partial charge >= 0.3 is 5.97 Å². The summed E-state index contributed by atoms with van der Waals surface area (Å²) in [7, 11) is 0. The first-order chi connectivity index (χ1) is 7.84. The van der Waals surface area contributed by atoms with Gasteiger partial charge in [0.25, 0.3) is 0 Å². The number of imidazole rings is 1. The second-order valence-electron chi connectivity index (χ2n) is 4.71. The van der Waals surface area contributed by atoms with Crippen LogP contribution in [0.15, 0.2) is 12.3 Å². The second kappa shape index (κ2) is 3.55. The molecule has 0 aromatic carbocycles. The van der Waals surface area contributed by atoms with Crippen LogP contribution < -0.4 is 0 Å². The van der Waals surface area contributed by atoms with Crippen molar-refractivity contribution in [2.45, 2.75) is 33.2 Å². The molecule has 0 aliphatic carbocycles. The molecule has 0 aliphatic rings. The number of hydrogen-bond acceptors (Lipinski definition) is 3. The van der Waals surface area contributed by atoms with E-state index in [1.54, 1.807) is 31.5 Å². The summed E-state index contributed by atoms with van der Waals surface area (Å²) in [4.78, 5) is 20.0. The summed E-state index contributed by atoms with van der Waals surface area (Å²) < 4.78 is 1.66. The predicted octanol–water partition coefficient (Wildman–Crippen LogP) is 1.87. The number of pyridine rings is 1. The quantitative estimate of drug-likeness (QED) is 0.859. The highest BCUT2D eigenvalue weighted by molar-refractivity contribution is 5.80. The fourth-order valence-electron chi connectivity index (χ4n) is 1.94. The van der Waals surface area contributed by atoms with Crippen LogP contribution in [0.5, 0.6) is 0 Å². The highest BCUT2D eigenvalue weighted by Crippen LogP contribution is 2.24. The molecule has 0 fully saturated rings. The molecule has 0 atom stereocenters. The maximum atomic E-state index is 11.3. The van der Waals surface area contributed by atoms with Gasteiger partial charge < -0.3 is 5.11 Å². The summed E-state index contributed by atoms with van der Waals surface area (Å²) in [5, 5.41) is 9.28. The van der Waals surface area contributed by atoms with Gasteiger partial charge in [0.1, 0.15) is 16.9 Å². The summed E-state index contributed by atoms with van der Waals surface area (Å²) in [6, 6.07) is 1.91. The van der Waals surface area contributed by atoms with E-state index in [4.69, 9.17) is 0 Å². The van der Waals surface area contributed by atoms with Crippen molar-refractivity contribution in [3.63, 3.8) is 0 Å². The molecule has 0 saturated carbocycles. The summed E-state index contributed by atoms with van der Waals surface area (Å²) in [6.45, 7) is 7.01. The Morgan fingerprint density at radius 3 is 2.65 bits per heavy atom. The Labute approximate surface area is 99.1 Å². The van der Waals surface area contributed by atoms with E-state index in [0.29, 0.717) is 11.5 Å². The van der Waals surface area contributed by atoms with Crippen molar-refractivity contribution in [2.75, 3.05) is 0 Å². The fraction of sp³-hybridized carbons (Fsp3) is 0.417. The Balaban J connectivity index is 2.78. The molecule has 0 amide bonds. The van der Waals surface area contributed by atoms with E-state index < -0.39 is 11.5 Å². The Morgan fingerprint density at radius 2 is 2.06 bits per heavy atom. The van der Waals surface area contributed by atoms with Gasteiger partial charge in [-0.25, -0.2) is 14.8 Å². The third-order valence-corrected chi connectivity index (χ3v) is 2.88. The van der Waals surface area contributed by atoms with Crippen molar-refractivity contribution >= 4 is 17.1 Å². The molecule has 2 rings (SSSR count). The highest BCUT2D eigenvalue weighted by Gasteiger charge is 2.32. The third-order valence-electron chi connectivity index (χ3n) is 2.88. The van der Waals surface area contributed by atoms with Gasteiger partial charge in [-0.3, -0.25) is 4.57 Å². The first kappa shape index (κ1) is 11.6. The largest absolute Gasteiger partial charge is 0.480 e. The minimum Gasteiger partial charge on any atom is -0.480 e. The lowest BCUT2D eigenvalue weighted by Gasteiger charge is -2.23. The van der Waals surface area contributed by atoms with Crippen LogP contribution in [-0.2, 0) is 10.3 Å². The van der Waals surface area contributed by atoms with E-state index in [2.05, 4.69) is 9.97 Å². The molecule has 0 unspecified atom stereocenters. The van der Waals surface area contributed by atoms with Crippen molar-refractivity contribution in [2.24, 2.45) is 0 Å². The molecule has 2 aromatic rings. The Morgan fingerprint density at radius 1 is 1.41 bits per heavy atom. The average molecular weight is 233 g/mol. The fourth-order valence-corrected chi connectivity index (χ4v) is 1.94. The molecule has 90 valence electrons. The summed E-state index contributed by atoms with van der Waals surface area (Å²) in [5.74, 6) is -0.243.